The van der Waals surface area contributed by atoms with Crippen molar-refractivity contribution in [2.45, 2.75) is 6.10 Å². The van der Waals surface area contributed by atoms with E-state index in [9.17, 15) is 0 Å². The van der Waals surface area contributed by atoms with E-state index < -0.39 is 6.10 Å². The summed E-state index contributed by atoms with van der Waals surface area (Å²) < 4.78 is 0. The molecule has 1 atom stereocenters. The Morgan fingerprint density at radius 3 is 3.00 bits per heavy atom. The molecule has 0 aliphatic heterocycles. The quantitative estimate of drug-likeness (QED) is 0.642. The summed E-state index contributed by atoms with van der Waals surface area (Å²) in [4.78, 5) is 3.82. The minimum atomic E-state index is -1.01. The highest BCUT2D eigenvalue weighted by atomic mass is 35.5. The topological polar surface area (TPSA) is 33.1 Å². The molecule has 0 saturated heterocycles. The maximum atomic E-state index is 9.13. The Morgan fingerprint density at radius 2 is 2.45 bits per heavy atom. The summed E-state index contributed by atoms with van der Waals surface area (Å²) in [7, 11) is 0. The van der Waals surface area contributed by atoms with Gasteiger partial charge in [-0.25, -0.2) is 0 Å². The zero-order valence-electron chi connectivity index (χ0n) is 5.66. The van der Waals surface area contributed by atoms with E-state index in [2.05, 4.69) is 10.9 Å². The maximum Gasteiger partial charge on any atom is 0.158 e. The molecule has 56 valence electrons. The summed E-state index contributed by atoms with van der Waals surface area (Å²) in [6.45, 7) is 0. The molecule has 3 heteroatoms. The summed E-state index contributed by atoms with van der Waals surface area (Å²) in [5.74, 6) is 2.13. The zero-order valence-corrected chi connectivity index (χ0v) is 6.42. The van der Waals surface area contributed by atoms with Crippen molar-refractivity contribution in [2.24, 2.45) is 0 Å². The zero-order chi connectivity index (χ0) is 8.27. The third-order valence-electron chi connectivity index (χ3n) is 1.20. The molecule has 0 unspecified atom stereocenters. The van der Waals surface area contributed by atoms with E-state index in [1.165, 1.54) is 6.20 Å². The van der Waals surface area contributed by atoms with Gasteiger partial charge in [0.1, 0.15) is 0 Å². The number of hydrogen-bond donors (Lipinski definition) is 1. The third-order valence-corrected chi connectivity index (χ3v) is 1.52. The highest BCUT2D eigenvalue weighted by molar-refractivity contribution is 6.31. The van der Waals surface area contributed by atoms with E-state index >= 15 is 0 Å². The molecule has 2 nitrogen and oxygen atoms in total. The molecular weight excluding hydrogens is 162 g/mol. The van der Waals surface area contributed by atoms with Gasteiger partial charge in [-0.2, -0.15) is 0 Å². The first-order valence-electron chi connectivity index (χ1n) is 3.00. The monoisotopic (exact) mass is 167 g/mol. The molecule has 1 rings (SSSR count). The second-order valence-electron chi connectivity index (χ2n) is 1.94. The van der Waals surface area contributed by atoms with Crippen LogP contribution in [-0.2, 0) is 0 Å². The standard InChI is InChI=1S/C8H6ClNO/c1-2-7(11)8-6(9)4-3-5-10-8/h1,3-5,7,11H/t7-/m1/s1. The van der Waals surface area contributed by atoms with E-state index in [0.29, 0.717) is 10.7 Å². The van der Waals surface area contributed by atoms with Crippen LogP contribution in [0.5, 0.6) is 0 Å². The van der Waals surface area contributed by atoms with Crippen molar-refractivity contribution in [3.05, 3.63) is 29.0 Å². The Hall–Kier alpha value is -1.04. The van der Waals surface area contributed by atoms with Gasteiger partial charge in [-0.05, 0) is 12.1 Å². The van der Waals surface area contributed by atoms with Crippen LogP contribution in [-0.4, -0.2) is 10.1 Å². The van der Waals surface area contributed by atoms with Crippen molar-refractivity contribution in [3.63, 3.8) is 0 Å². The Labute approximate surface area is 69.8 Å². The van der Waals surface area contributed by atoms with E-state index in [4.69, 9.17) is 23.1 Å². The average Bonchev–Trinajstić information content (AvgIpc) is 2.04. The molecule has 0 fully saturated rings. The minimum absolute atomic E-state index is 0.330. The molecule has 1 N–H and O–H groups in total. The molecule has 0 radical (unpaired) electrons. The highest BCUT2D eigenvalue weighted by Gasteiger charge is 2.07. The second kappa shape index (κ2) is 3.38. The predicted octanol–water partition coefficient (Wildman–Crippen LogP) is 1.40. The number of hydrogen-bond acceptors (Lipinski definition) is 2. The molecule has 0 spiro atoms. The summed E-state index contributed by atoms with van der Waals surface area (Å²) >= 11 is 5.68. The fraction of sp³-hybridized carbons (Fsp3) is 0.125. The number of terminal acetylenes is 1. The van der Waals surface area contributed by atoms with Gasteiger partial charge in [0.15, 0.2) is 6.10 Å². The number of nitrogens with zero attached hydrogens (tertiary/aromatic N) is 1. The molecule has 1 aromatic rings. The van der Waals surface area contributed by atoms with Crippen LogP contribution in [0.1, 0.15) is 11.8 Å². The van der Waals surface area contributed by atoms with Gasteiger partial charge in [-0.1, -0.05) is 17.5 Å². The van der Waals surface area contributed by atoms with Crippen LogP contribution < -0.4 is 0 Å². The van der Waals surface area contributed by atoms with E-state index in [1.807, 2.05) is 0 Å². The Balaban J connectivity index is 3.05. The third kappa shape index (κ3) is 1.70. The number of pyridine rings is 1. The maximum absolute atomic E-state index is 9.13. The van der Waals surface area contributed by atoms with Crippen LogP contribution in [0.15, 0.2) is 18.3 Å². The Bertz CT molecular complexity index is 292. The smallest absolute Gasteiger partial charge is 0.158 e. The molecule has 0 amide bonds. The molecule has 0 aliphatic carbocycles. The SMILES string of the molecule is C#C[C@@H](O)c1ncccc1Cl. The van der Waals surface area contributed by atoms with Crippen LogP contribution in [0.2, 0.25) is 5.02 Å². The molecule has 1 aromatic heterocycles. The number of aliphatic hydroxyl groups excluding tert-OH is 1. The second-order valence-corrected chi connectivity index (χ2v) is 2.35. The lowest BCUT2D eigenvalue weighted by atomic mass is 10.2. The molecule has 11 heavy (non-hydrogen) atoms. The molecule has 1 heterocycles. The predicted molar refractivity (Wildman–Crippen MR) is 43.0 cm³/mol. The van der Waals surface area contributed by atoms with Gasteiger partial charge in [0.05, 0.1) is 10.7 Å². The van der Waals surface area contributed by atoms with Crippen LogP contribution in [0.4, 0.5) is 0 Å². The summed E-state index contributed by atoms with van der Waals surface area (Å²) in [5.41, 5.74) is 0.330. The number of aromatic nitrogens is 1. The fourth-order valence-electron chi connectivity index (χ4n) is 0.678. The first-order valence-corrected chi connectivity index (χ1v) is 3.38. The largest absolute Gasteiger partial charge is 0.374 e. The molecule has 0 bridgehead atoms. The fourth-order valence-corrected chi connectivity index (χ4v) is 0.903. The van der Waals surface area contributed by atoms with Gasteiger partial charge in [-0.15, -0.1) is 6.42 Å². The van der Waals surface area contributed by atoms with Crippen LogP contribution >= 0.6 is 11.6 Å². The van der Waals surface area contributed by atoms with Gasteiger partial charge in [0, 0.05) is 6.20 Å². The summed E-state index contributed by atoms with van der Waals surface area (Å²) in [5, 5.41) is 9.51. The van der Waals surface area contributed by atoms with Crippen molar-refractivity contribution in [1.82, 2.24) is 4.98 Å². The highest BCUT2D eigenvalue weighted by Crippen LogP contribution is 2.18. The van der Waals surface area contributed by atoms with Gasteiger partial charge in [0.2, 0.25) is 0 Å². The Morgan fingerprint density at radius 1 is 1.73 bits per heavy atom. The van der Waals surface area contributed by atoms with E-state index in [-0.39, 0.29) is 0 Å². The van der Waals surface area contributed by atoms with Crippen molar-refractivity contribution in [3.8, 4) is 12.3 Å². The lowest BCUT2D eigenvalue weighted by molar-refractivity contribution is 0.233. The number of rotatable bonds is 1. The summed E-state index contributed by atoms with van der Waals surface area (Å²) in [6.07, 6.45) is 5.49. The van der Waals surface area contributed by atoms with Gasteiger partial charge in [-0.3, -0.25) is 4.98 Å². The van der Waals surface area contributed by atoms with Gasteiger partial charge >= 0.3 is 0 Å². The van der Waals surface area contributed by atoms with Crippen molar-refractivity contribution >= 4 is 11.6 Å². The van der Waals surface area contributed by atoms with Crippen molar-refractivity contribution in [1.29, 1.82) is 0 Å². The van der Waals surface area contributed by atoms with Gasteiger partial charge in [0.25, 0.3) is 0 Å². The first kappa shape index (κ1) is 8.06. The van der Waals surface area contributed by atoms with Crippen molar-refractivity contribution < 1.29 is 5.11 Å². The average molecular weight is 168 g/mol. The lowest BCUT2D eigenvalue weighted by Crippen LogP contribution is -1.97. The molecule has 0 aliphatic rings. The number of halogens is 1. The molecular formula is C8H6ClNO. The molecule has 0 aromatic carbocycles. The van der Waals surface area contributed by atoms with Crippen LogP contribution in [0, 0.1) is 12.3 Å². The Kier molecular flexibility index (Phi) is 2.48. The van der Waals surface area contributed by atoms with Gasteiger partial charge < -0.3 is 5.11 Å². The van der Waals surface area contributed by atoms with E-state index in [1.54, 1.807) is 12.1 Å². The van der Waals surface area contributed by atoms with E-state index in [0.717, 1.165) is 0 Å². The lowest BCUT2D eigenvalue weighted by Gasteiger charge is -2.02. The minimum Gasteiger partial charge on any atom is -0.374 e. The van der Waals surface area contributed by atoms with Crippen LogP contribution in [0.25, 0.3) is 0 Å². The van der Waals surface area contributed by atoms with Crippen LogP contribution in [0.3, 0.4) is 0 Å². The summed E-state index contributed by atoms with van der Waals surface area (Å²) in [6, 6.07) is 3.31. The molecule has 0 saturated carbocycles. The van der Waals surface area contributed by atoms with Crippen molar-refractivity contribution in [2.75, 3.05) is 0 Å². The normalized spacial score (nSPS) is 12.1. The first-order chi connectivity index (χ1) is 5.25. The number of aliphatic hydroxyl groups is 1.